The smallest absolute Gasteiger partial charge is 0.319 e. The Morgan fingerprint density at radius 2 is 1.81 bits per heavy atom. The lowest BCUT2D eigenvalue weighted by molar-refractivity contribution is 0.251. The molecule has 1 radical (unpaired) electrons. The molecule has 1 aromatic heterocycles. The number of hydrogen-bond acceptors (Lipinski definition) is 6. The van der Waals surface area contributed by atoms with Crippen molar-refractivity contribution in [1.82, 2.24) is 15.0 Å². The average molecular weight is 527 g/mol. The van der Waals surface area contributed by atoms with Crippen LogP contribution >= 0.6 is 11.3 Å². The van der Waals surface area contributed by atoms with Crippen LogP contribution in [-0.4, -0.2) is 38.1 Å². The van der Waals surface area contributed by atoms with Crippen molar-refractivity contribution in [2.75, 3.05) is 23.3 Å². The molecule has 2 amide bonds. The second-order valence-corrected chi connectivity index (χ2v) is 12.4. The first kappa shape index (κ1) is 26.1. The summed E-state index contributed by atoms with van der Waals surface area (Å²) in [5.41, 5.74) is 1.23. The van der Waals surface area contributed by atoms with E-state index in [1.807, 2.05) is 30.3 Å². The molecule has 4 rings (SSSR count). The summed E-state index contributed by atoms with van der Waals surface area (Å²) in [6.45, 7) is 7.55. The van der Waals surface area contributed by atoms with Crippen LogP contribution in [0.1, 0.15) is 39.2 Å². The highest BCUT2D eigenvalue weighted by Gasteiger charge is 2.27. The molecule has 1 aliphatic heterocycles. The highest BCUT2D eigenvalue weighted by molar-refractivity contribution is 7.89. The van der Waals surface area contributed by atoms with Crippen LogP contribution in [0, 0.1) is 6.42 Å². The fraction of sp³-hybridized carbons (Fsp3) is 0.346. The first-order valence-electron chi connectivity index (χ1n) is 11.9. The molecule has 3 N–H and O–H groups in total. The molecule has 0 atom stereocenters. The van der Waals surface area contributed by atoms with Crippen molar-refractivity contribution in [2.24, 2.45) is 0 Å². The Hall–Kier alpha value is -2.95. The molecule has 0 unspecified atom stereocenters. The van der Waals surface area contributed by atoms with Crippen LogP contribution in [0.4, 0.5) is 15.6 Å². The van der Waals surface area contributed by atoms with Gasteiger partial charge in [-0.2, -0.15) is 0 Å². The van der Waals surface area contributed by atoms with Gasteiger partial charge in [-0.3, -0.25) is 0 Å². The van der Waals surface area contributed by atoms with E-state index in [9.17, 15) is 13.2 Å². The van der Waals surface area contributed by atoms with E-state index in [-0.39, 0.29) is 4.90 Å². The first-order valence-corrected chi connectivity index (χ1v) is 14.2. The Balaban J connectivity index is 1.60. The van der Waals surface area contributed by atoms with Crippen molar-refractivity contribution in [3.05, 3.63) is 66.7 Å². The van der Waals surface area contributed by atoms with E-state index in [1.54, 1.807) is 39.1 Å². The number of carbonyl (C=O) groups is 1. The van der Waals surface area contributed by atoms with Crippen molar-refractivity contribution in [1.29, 1.82) is 0 Å². The molecule has 2 aromatic carbocycles. The summed E-state index contributed by atoms with van der Waals surface area (Å²) >= 11 is 1.48. The molecule has 8 nitrogen and oxygen atoms in total. The number of nitrogens with zero attached hydrogens (tertiary/aromatic N) is 2. The number of sulfonamides is 1. The van der Waals surface area contributed by atoms with Gasteiger partial charge in [-0.05, 0) is 57.7 Å². The first-order chi connectivity index (χ1) is 17.1. The van der Waals surface area contributed by atoms with Crippen LogP contribution in [0.5, 0.6) is 0 Å². The predicted molar refractivity (Wildman–Crippen MR) is 146 cm³/mol. The van der Waals surface area contributed by atoms with Crippen molar-refractivity contribution >= 4 is 38.2 Å². The second kappa shape index (κ2) is 11.0. The summed E-state index contributed by atoms with van der Waals surface area (Å²) in [4.78, 5) is 20.2. The second-order valence-electron chi connectivity index (χ2n) is 9.72. The molecular formula is C26H32N5O3S2. The highest BCUT2D eigenvalue weighted by Crippen LogP contribution is 2.37. The third kappa shape index (κ3) is 6.83. The molecule has 10 heteroatoms. The summed E-state index contributed by atoms with van der Waals surface area (Å²) in [7, 11) is -3.89. The Bertz CT molecular complexity index is 1290. The lowest BCUT2D eigenvalue weighted by Gasteiger charge is -2.25. The minimum atomic E-state index is -3.89. The van der Waals surface area contributed by atoms with Crippen LogP contribution in [0.25, 0.3) is 10.4 Å². The van der Waals surface area contributed by atoms with Gasteiger partial charge in [-0.25, -0.2) is 22.9 Å². The number of piperidine rings is 1. The molecule has 1 aliphatic rings. The fourth-order valence-corrected chi connectivity index (χ4v) is 6.65. The van der Waals surface area contributed by atoms with E-state index in [2.05, 4.69) is 31.7 Å². The zero-order chi connectivity index (χ0) is 25.8. The molecule has 36 heavy (non-hydrogen) atoms. The van der Waals surface area contributed by atoms with Gasteiger partial charge in [-0.15, -0.1) is 0 Å². The number of urea groups is 1. The normalized spacial score (nSPS) is 14.5. The average Bonchev–Trinajstić information content (AvgIpc) is 3.33. The number of thiazole rings is 1. The van der Waals surface area contributed by atoms with Crippen molar-refractivity contribution in [3.8, 4) is 10.4 Å². The summed E-state index contributed by atoms with van der Waals surface area (Å²) in [5, 5.41) is 6.44. The van der Waals surface area contributed by atoms with Gasteiger partial charge >= 0.3 is 6.03 Å². The van der Waals surface area contributed by atoms with Crippen LogP contribution in [0.15, 0.2) is 59.6 Å². The van der Waals surface area contributed by atoms with E-state index in [1.165, 1.54) is 17.4 Å². The molecule has 1 saturated heterocycles. The molecule has 191 valence electrons. The Morgan fingerprint density at radius 1 is 1.08 bits per heavy atom. The van der Waals surface area contributed by atoms with Gasteiger partial charge < -0.3 is 15.5 Å². The summed E-state index contributed by atoms with van der Waals surface area (Å²) in [6, 6.07) is 14.1. The number of nitrogens with one attached hydrogen (secondary N) is 3. The number of rotatable bonds is 7. The maximum Gasteiger partial charge on any atom is 0.319 e. The maximum absolute atomic E-state index is 13.4. The van der Waals surface area contributed by atoms with Crippen LogP contribution in [0.2, 0.25) is 0 Å². The van der Waals surface area contributed by atoms with Crippen LogP contribution < -0.4 is 20.3 Å². The van der Waals surface area contributed by atoms with E-state index in [0.29, 0.717) is 17.8 Å². The molecule has 0 bridgehead atoms. The topological polar surface area (TPSA) is 103 Å². The lowest BCUT2D eigenvalue weighted by atomic mass is 10.1. The van der Waals surface area contributed by atoms with Crippen molar-refractivity contribution in [3.63, 3.8) is 0 Å². The molecule has 0 spiro atoms. The third-order valence-corrected chi connectivity index (χ3v) is 8.39. The van der Waals surface area contributed by atoms with Gasteiger partial charge in [0.1, 0.15) is 0 Å². The zero-order valence-electron chi connectivity index (χ0n) is 20.7. The molecule has 2 heterocycles. The van der Waals surface area contributed by atoms with E-state index >= 15 is 0 Å². The number of hydrogen-bond donors (Lipinski definition) is 3. The number of aromatic nitrogens is 1. The largest absolute Gasteiger partial charge is 0.348 e. The summed E-state index contributed by atoms with van der Waals surface area (Å²) in [5.74, 6) is 0. The monoisotopic (exact) mass is 526 g/mol. The van der Waals surface area contributed by atoms with Crippen LogP contribution in [-0.2, 0) is 16.6 Å². The molecular weight excluding hydrogens is 494 g/mol. The minimum absolute atomic E-state index is 0.0976. The number of anilines is 2. The summed E-state index contributed by atoms with van der Waals surface area (Å²) < 4.78 is 29.6. The Morgan fingerprint density at radius 3 is 2.50 bits per heavy atom. The zero-order valence-corrected chi connectivity index (χ0v) is 22.4. The van der Waals surface area contributed by atoms with Gasteiger partial charge in [0.2, 0.25) is 10.0 Å². The number of amides is 2. The molecule has 3 aromatic rings. The lowest BCUT2D eigenvalue weighted by Crippen LogP contribution is -2.40. The van der Waals surface area contributed by atoms with Gasteiger partial charge in [0.05, 0.1) is 9.77 Å². The predicted octanol–water partition coefficient (Wildman–Crippen LogP) is 5.01. The fourth-order valence-electron chi connectivity index (χ4n) is 3.91. The standard InChI is InChI=1S/C26H32N5O3S2/c1-26(2,3)30-36(33,34)23-16-20(29-24(32)27-17-19-10-6-4-7-11-19)12-13-21(23)22-18-28-25(35-22)31-14-8-5-9-15-31/h4-7,10-13,16,18,30H,8-9,14-15,17H2,1-3H3,(H2,27,29,32). The number of benzene rings is 2. The number of carbonyl (C=O) groups excluding carboxylic acids is 1. The van der Waals surface area contributed by atoms with E-state index in [0.717, 1.165) is 41.5 Å². The third-order valence-electron chi connectivity index (χ3n) is 5.50. The van der Waals surface area contributed by atoms with Crippen molar-refractivity contribution < 1.29 is 13.2 Å². The Kier molecular flexibility index (Phi) is 7.97. The van der Waals surface area contributed by atoms with Crippen molar-refractivity contribution in [2.45, 2.75) is 50.6 Å². The quantitative estimate of drug-likeness (QED) is 0.401. The minimum Gasteiger partial charge on any atom is -0.348 e. The van der Waals surface area contributed by atoms with Gasteiger partial charge in [0.15, 0.2) is 5.13 Å². The Labute approximate surface area is 217 Å². The van der Waals surface area contributed by atoms with E-state index in [4.69, 9.17) is 0 Å². The van der Waals surface area contributed by atoms with Gasteiger partial charge in [0.25, 0.3) is 0 Å². The summed E-state index contributed by atoms with van der Waals surface area (Å²) in [6.07, 6.45) is 6.02. The van der Waals surface area contributed by atoms with Crippen LogP contribution in [0.3, 0.4) is 0 Å². The maximum atomic E-state index is 13.4. The van der Waals surface area contributed by atoms with Gasteiger partial charge in [-0.1, -0.05) is 47.7 Å². The molecule has 0 aliphatic carbocycles. The van der Waals surface area contributed by atoms with E-state index < -0.39 is 21.6 Å². The van der Waals surface area contributed by atoms with Gasteiger partial charge in [0, 0.05) is 42.6 Å². The molecule has 1 fully saturated rings. The highest BCUT2D eigenvalue weighted by atomic mass is 32.2. The molecule has 0 saturated carbocycles. The SMILES string of the molecule is CC(C)(C)NS(=O)(=O)c1cc(NC(=O)NCc2ccccc2)ccc1-c1cnc(N2CC[CH]CC2)s1.